The molecule has 0 bridgehead atoms. The Morgan fingerprint density at radius 2 is 1.74 bits per heavy atom. The lowest BCUT2D eigenvalue weighted by molar-refractivity contribution is 0.235. The molecule has 1 aliphatic carbocycles. The van der Waals surface area contributed by atoms with Gasteiger partial charge in [-0.05, 0) is 43.7 Å². The van der Waals surface area contributed by atoms with Gasteiger partial charge >= 0.3 is 6.03 Å². The maximum Gasteiger partial charge on any atom is 0.315 e. The van der Waals surface area contributed by atoms with Crippen molar-refractivity contribution in [2.75, 3.05) is 6.54 Å². The highest BCUT2D eigenvalue weighted by molar-refractivity contribution is 5.75. The van der Waals surface area contributed by atoms with E-state index in [0.717, 1.165) is 25.7 Å². The molecule has 3 heteroatoms. The average Bonchev–Trinajstić information content (AvgIpc) is 3.34. The number of benzene rings is 2. The van der Waals surface area contributed by atoms with Crippen molar-refractivity contribution in [2.24, 2.45) is 0 Å². The van der Waals surface area contributed by atoms with Gasteiger partial charge in [-0.3, -0.25) is 0 Å². The van der Waals surface area contributed by atoms with Crippen LogP contribution in [0.15, 0.2) is 54.6 Å². The van der Waals surface area contributed by atoms with Crippen LogP contribution in [0.2, 0.25) is 0 Å². The molecule has 1 fully saturated rings. The Bertz CT molecular complexity index is 645. The molecule has 0 heterocycles. The van der Waals surface area contributed by atoms with Crippen LogP contribution < -0.4 is 10.6 Å². The van der Waals surface area contributed by atoms with E-state index >= 15 is 0 Å². The zero-order valence-corrected chi connectivity index (χ0v) is 13.6. The van der Waals surface area contributed by atoms with Gasteiger partial charge in [-0.15, -0.1) is 0 Å². The molecule has 1 aliphatic rings. The molecule has 0 aromatic heterocycles. The second-order valence-corrected chi connectivity index (χ2v) is 6.42. The predicted octanol–water partition coefficient (Wildman–Crippen LogP) is 3.92. The van der Waals surface area contributed by atoms with Crippen LogP contribution in [0, 0.1) is 6.92 Å². The van der Waals surface area contributed by atoms with Gasteiger partial charge in [0.2, 0.25) is 0 Å². The van der Waals surface area contributed by atoms with Crippen LogP contribution in [-0.2, 0) is 12.0 Å². The van der Waals surface area contributed by atoms with Gasteiger partial charge in [-0.1, -0.05) is 60.2 Å². The molecule has 1 saturated carbocycles. The molecule has 2 aromatic carbocycles. The van der Waals surface area contributed by atoms with Crippen LogP contribution >= 0.6 is 0 Å². The van der Waals surface area contributed by atoms with E-state index < -0.39 is 0 Å². The van der Waals surface area contributed by atoms with Crippen LogP contribution in [0.5, 0.6) is 0 Å². The molecule has 23 heavy (non-hydrogen) atoms. The second kappa shape index (κ2) is 6.86. The Hall–Kier alpha value is -2.29. The van der Waals surface area contributed by atoms with E-state index in [4.69, 9.17) is 0 Å². The second-order valence-electron chi connectivity index (χ2n) is 6.42. The van der Waals surface area contributed by atoms with E-state index in [0.29, 0.717) is 6.54 Å². The first-order valence-electron chi connectivity index (χ1n) is 8.35. The number of carbonyl (C=O) groups is 1. The summed E-state index contributed by atoms with van der Waals surface area (Å²) >= 11 is 0. The maximum atomic E-state index is 12.1. The van der Waals surface area contributed by atoms with Crippen molar-refractivity contribution < 1.29 is 4.79 Å². The topological polar surface area (TPSA) is 41.1 Å². The van der Waals surface area contributed by atoms with Gasteiger partial charge in [0.15, 0.2) is 0 Å². The third kappa shape index (κ3) is 4.13. The number of hydrogen-bond acceptors (Lipinski definition) is 1. The summed E-state index contributed by atoms with van der Waals surface area (Å²) in [5.41, 5.74) is 3.63. The smallest absolute Gasteiger partial charge is 0.315 e. The lowest BCUT2D eigenvalue weighted by Crippen LogP contribution is -2.42. The van der Waals surface area contributed by atoms with Crippen LogP contribution in [-0.4, -0.2) is 12.6 Å². The van der Waals surface area contributed by atoms with Gasteiger partial charge in [-0.2, -0.15) is 0 Å². The summed E-state index contributed by atoms with van der Waals surface area (Å²) in [5.74, 6) is 0. The molecule has 3 rings (SSSR count). The molecule has 0 spiro atoms. The fourth-order valence-corrected chi connectivity index (χ4v) is 2.88. The fourth-order valence-electron chi connectivity index (χ4n) is 2.88. The zero-order valence-electron chi connectivity index (χ0n) is 13.6. The third-order valence-electron chi connectivity index (χ3n) is 4.48. The van der Waals surface area contributed by atoms with E-state index in [1.54, 1.807) is 0 Å². The predicted molar refractivity (Wildman–Crippen MR) is 93.4 cm³/mol. The summed E-state index contributed by atoms with van der Waals surface area (Å²) in [7, 11) is 0. The average molecular weight is 308 g/mol. The quantitative estimate of drug-likeness (QED) is 0.780. The van der Waals surface area contributed by atoms with Crippen molar-refractivity contribution in [1.82, 2.24) is 10.6 Å². The number of amides is 2. The molecule has 120 valence electrons. The molecular formula is C20H24N2O. The molecule has 0 radical (unpaired) electrons. The monoisotopic (exact) mass is 308 g/mol. The van der Waals surface area contributed by atoms with E-state index in [-0.39, 0.29) is 11.6 Å². The van der Waals surface area contributed by atoms with Gasteiger partial charge in [0, 0.05) is 6.54 Å². The molecule has 0 unspecified atom stereocenters. The summed E-state index contributed by atoms with van der Waals surface area (Å²) in [5, 5.41) is 6.13. The van der Waals surface area contributed by atoms with Gasteiger partial charge in [0.05, 0.1) is 5.54 Å². The molecule has 2 aromatic rings. The van der Waals surface area contributed by atoms with Crippen molar-refractivity contribution in [3.05, 3.63) is 71.3 Å². The largest absolute Gasteiger partial charge is 0.338 e. The van der Waals surface area contributed by atoms with Crippen molar-refractivity contribution >= 4 is 6.03 Å². The Balaban J connectivity index is 1.43. The summed E-state index contributed by atoms with van der Waals surface area (Å²) in [6.07, 6.45) is 3.99. The first-order valence-corrected chi connectivity index (χ1v) is 8.35. The number of urea groups is 1. The highest BCUT2D eigenvalue weighted by Crippen LogP contribution is 2.45. The summed E-state index contributed by atoms with van der Waals surface area (Å²) in [4.78, 5) is 12.1. The van der Waals surface area contributed by atoms with Crippen molar-refractivity contribution in [3.8, 4) is 0 Å². The minimum Gasteiger partial charge on any atom is -0.338 e. The standard InChI is InChI=1S/C20H24N2O/c1-16-9-11-18(12-10-16)20(13-14-20)22-19(23)21-15-5-8-17-6-3-2-4-7-17/h2-4,6-7,9-12H,5,8,13-15H2,1H3,(H2,21,22,23). The number of rotatable bonds is 6. The van der Waals surface area contributed by atoms with Crippen molar-refractivity contribution in [1.29, 1.82) is 0 Å². The Morgan fingerprint density at radius 1 is 1.04 bits per heavy atom. The molecule has 0 atom stereocenters. The zero-order chi connectivity index (χ0) is 16.1. The van der Waals surface area contributed by atoms with E-state index in [1.807, 2.05) is 18.2 Å². The molecule has 0 saturated heterocycles. The summed E-state index contributed by atoms with van der Waals surface area (Å²) in [6.45, 7) is 2.78. The van der Waals surface area contributed by atoms with Gasteiger partial charge in [0.1, 0.15) is 0 Å². The van der Waals surface area contributed by atoms with Crippen LogP contribution in [0.4, 0.5) is 4.79 Å². The lowest BCUT2D eigenvalue weighted by Gasteiger charge is -2.18. The van der Waals surface area contributed by atoms with E-state index in [2.05, 4.69) is 54.0 Å². The Kier molecular flexibility index (Phi) is 4.65. The molecule has 2 amide bonds. The third-order valence-corrected chi connectivity index (χ3v) is 4.48. The number of hydrogen-bond donors (Lipinski definition) is 2. The summed E-state index contributed by atoms with van der Waals surface area (Å²) in [6, 6.07) is 18.8. The van der Waals surface area contributed by atoms with Crippen LogP contribution in [0.1, 0.15) is 36.0 Å². The molecular weight excluding hydrogens is 284 g/mol. The van der Waals surface area contributed by atoms with Crippen molar-refractivity contribution in [3.63, 3.8) is 0 Å². The van der Waals surface area contributed by atoms with Gasteiger partial charge < -0.3 is 10.6 Å². The van der Waals surface area contributed by atoms with E-state index in [1.165, 1.54) is 16.7 Å². The first kappa shape index (κ1) is 15.6. The Labute approximate surface area is 138 Å². The molecule has 2 N–H and O–H groups in total. The van der Waals surface area contributed by atoms with Crippen LogP contribution in [0.3, 0.4) is 0 Å². The van der Waals surface area contributed by atoms with Crippen molar-refractivity contribution in [2.45, 2.75) is 38.1 Å². The van der Waals surface area contributed by atoms with Crippen LogP contribution in [0.25, 0.3) is 0 Å². The maximum absolute atomic E-state index is 12.1. The molecule has 3 nitrogen and oxygen atoms in total. The minimum atomic E-state index is -0.142. The normalized spacial score (nSPS) is 15.0. The first-order chi connectivity index (χ1) is 11.2. The number of carbonyl (C=O) groups excluding carboxylic acids is 1. The number of aryl methyl sites for hydroxylation is 2. The highest BCUT2D eigenvalue weighted by Gasteiger charge is 2.45. The van der Waals surface area contributed by atoms with Gasteiger partial charge in [-0.25, -0.2) is 4.79 Å². The highest BCUT2D eigenvalue weighted by atomic mass is 16.2. The Morgan fingerprint density at radius 3 is 2.39 bits per heavy atom. The minimum absolute atomic E-state index is 0.0591. The lowest BCUT2D eigenvalue weighted by atomic mass is 10.0. The van der Waals surface area contributed by atoms with E-state index in [9.17, 15) is 4.79 Å². The molecule has 0 aliphatic heterocycles. The summed E-state index contributed by atoms with van der Waals surface area (Å²) < 4.78 is 0. The SMILES string of the molecule is Cc1ccc(C2(NC(=O)NCCCc3ccccc3)CC2)cc1. The fraction of sp³-hybridized carbons (Fsp3) is 0.350. The van der Waals surface area contributed by atoms with Gasteiger partial charge in [0.25, 0.3) is 0 Å². The number of nitrogens with one attached hydrogen (secondary N) is 2.